The number of fused-ring (bicyclic) bond motifs is 2. The van der Waals surface area contributed by atoms with Gasteiger partial charge in [-0.2, -0.15) is 4.98 Å². The van der Waals surface area contributed by atoms with Gasteiger partial charge < -0.3 is 5.32 Å². The molecular weight excluding hydrogens is 232 g/mol. The van der Waals surface area contributed by atoms with Crippen molar-refractivity contribution in [1.29, 1.82) is 0 Å². The van der Waals surface area contributed by atoms with Gasteiger partial charge in [0, 0.05) is 4.90 Å². The molecule has 0 fully saturated rings. The first kappa shape index (κ1) is 8.94. The fourth-order valence-electron chi connectivity index (χ4n) is 1.34. The second-order valence-corrected chi connectivity index (χ2v) is 4.33. The summed E-state index contributed by atoms with van der Waals surface area (Å²) in [5.74, 6) is 0.665. The smallest absolute Gasteiger partial charge is 0.245 e. The van der Waals surface area contributed by atoms with E-state index in [0.717, 1.165) is 15.6 Å². The molecule has 0 aliphatic carbocycles. The van der Waals surface area contributed by atoms with Crippen LogP contribution in [0.1, 0.15) is 0 Å². The molecule has 1 N–H and O–H groups in total. The molecule has 0 unspecified atom stereocenters. The molecule has 3 rings (SSSR count). The third-order valence-electron chi connectivity index (χ3n) is 1.98. The van der Waals surface area contributed by atoms with Crippen LogP contribution < -0.4 is 5.32 Å². The standard InChI is InChI=1S/C9H5ClN4S/c10-9-12-7-8(13-14-9)15-6-4-2-1-3-5(6)11-7/h1-4H,(H,11,12,14). The van der Waals surface area contributed by atoms with Crippen molar-refractivity contribution in [3.63, 3.8) is 0 Å². The van der Waals surface area contributed by atoms with E-state index in [2.05, 4.69) is 20.5 Å². The first-order valence-corrected chi connectivity index (χ1v) is 5.46. The highest BCUT2D eigenvalue weighted by Crippen LogP contribution is 2.41. The normalized spacial score (nSPS) is 12.6. The summed E-state index contributed by atoms with van der Waals surface area (Å²) >= 11 is 7.20. The highest BCUT2D eigenvalue weighted by atomic mass is 35.5. The van der Waals surface area contributed by atoms with E-state index < -0.39 is 0 Å². The molecule has 0 saturated carbocycles. The highest BCUT2D eigenvalue weighted by Gasteiger charge is 2.18. The Morgan fingerprint density at radius 3 is 3.00 bits per heavy atom. The first-order chi connectivity index (χ1) is 7.33. The maximum absolute atomic E-state index is 5.67. The molecule has 2 aromatic rings. The monoisotopic (exact) mass is 236 g/mol. The summed E-state index contributed by atoms with van der Waals surface area (Å²) < 4.78 is 0. The van der Waals surface area contributed by atoms with Crippen molar-refractivity contribution in [3.05, 3.63) is 29.5 Å². The number of hydrogen-bond acceptors (Lipinski definition) is 5. The lowest BCUT2D eigenvalue weighted by molar-refractivity contribution is 0.880. The van der Waals surface area contributed by atoms with Crippen molar-refractivity contribution in [2.45, 2.75) is 9.92 Å². The van der Waals surface area contributed by atoms with E-state index in [1.165, 1.54) is 11.8 Å². The summed E-state index contributed by atoms with van der Waals surface area (Å²) in [4.78, 5) is 5.19. The van der Waals surface area contributed by atoms with Gasteiger partial charge in [0.25, 0.3) is 0 Å². The Balaban J connectivity index is 2.11. The van der Waals surface area contributed by atoms with Gasteiger partial charge in [-0.05, 0) is 23.7 Å². The minimum absolute atomic E-state index is 0.154. The van der Waals surface area contributed by atoms with E-state index in [0.29, 0.717) is 5.82 Å². The number of benzene rings is 1. The molecule has 0 spiro atoms. The van der Waals surface area contributed by atoms with E-state index in [9.17, 15) is 0 Å². The lowest BCUT2D eigenvalue weighted by atomic mass is 10.3. The molecule has 0 amide bonds. The Bertz CT molecular complexity index is 531. The molecule has 0 atom stereocenters. The number of aromatic nitrogens is 3. The molecule has 2 heterocycles. The van der Waals surface area contributed by atoms with Gasteiger partial charge in [-0.1, -0.05) is 23.9 Å². The van der Waals surface area contributed by atoms with Crippen molar-refractivity contribution in [2.75, 3.05) is 5.32 Å². The number of anilines is 2. The van der Waals surface area contributed by atoms with Crippen molar-refractivity contribution in [1.82, 2.24) is 15.2 Å². The van der Waals surface area contributed by atoms with Gasteiger partial charge in [0.2, 0.25) is 5.28 Å². The van der Waals surface area contributed by atoms with E-state index in [4.69, 9.17) is 11.6 Å². The fraction of sp³-hybridized carbons (Fsp3) is 0. The summed E-state index contributed by atoms with van der Waals surface area (Å²) in [6, 6.07) is 7.95. The molecule has 6 heteroatoms. The Morgan fingerprint density at radius 1 is 1.20 bits per heavy atom. The number of nitrogens with zero attached hydrogens (tertiary/aromatic N) is 3. The van der Waals surface area contributed by atoms with Crippen LogP contribution >= 0.6 is 23.4 Å². The Labute approximate surface area is 95.1 Å². The number of halogens is 1. The molecule has 0 saturated heterocycles. The van der Waals surface area contributed by atoms with Crippen LogP contribution in [0.2, 0.25) is 5.28 Å². The number of nitrogens with one attached hydrogen (secondary N) is 1. The SMILES string of the molecule is Clc1nnc2c(n1)Nc1ccccc1S2. The van der Waals surface area contributed by atoms with E-state index in [-0.39, 0.29) is 5.28 Å². The second kappa shape index (κ2) is 3.36. The van der Waals surface area contributed by atoms with E-state index in [1.807, 2.05) is 24.3 Å². The molecule has 74 valence electrons. The lowest BCUT2D eigenvalue weighted by Crippen LogP contribution is -2.05. The largest absolute Gasteiger partial charge is 0.337 e. The predicted octanol–water partition coefficient (Wildman–Crippen LogP) is 2.73. The predicted molar refractivity (Wildman–Crippen MR) is 58.7 cm³/mol. The number of rotatable bonds is 0. The number of hydrogen-bond donors (Lipinski definition) is 1. The van der Waals surface area contributed by atoms with Crippen molar-refractivity contribution < 1.29 is 0 Å². The molecule has 1 aliphatic heterocycles. The van der Waals surface area contributed by atoms with Gasteiger partial charge in [0.1, 0.15) is 0 Å². The third kappa shape index (κ3) is 1.53. The Kier molecular flexibility index (Phi) is 2.00. The summed E-state index contributed by atoms with van der Waals surface area (Å²) in [5, 5.41) is 11.7. The third-order valence-corrected chi connectivity index (χ3v) is 3.18. The number of para-hydroxylation sites is 1. The van der Waals surface area contributed by atoms with Gasteiger partial charge in [0.05, 0.1) is 5.69 Å². The molecule has 4 nitrogen and oxygen atoms in total. The van der Waals surface area contributed by atoms with Crippen LogP contribution in [0.3, 0.4) is 0 Å². The van der Waals surface area contributed by atoms with E-state index >= 15 is 0 Å². The zero-order valence-corrected chi connectivity index (χ0v) is 9.01. The van der Waals surface area contributed by atoms with Crippen LogP contribution in [0.25, 0.3) is 0 Å². The van der Waals surface area contributed by atoms with Crippen molar-refractivity contribution >= 4 is 34.9 Å². The lowest BCUT2D eigenvalue weighted by Gasteiger charge is -2.17. The quantitative estimate of drug-likeness (QED) is 0.651. The zero-order valence-electron chi connectivity index (χ0n) is 7.44. The topological polar surface area (TPSA) is 50.7 Å². The Morgan fingerprint density at radius 2 is 2.07 bits per heavy atom. The highest BCUT2D eigenvalue weighted by molar-refractivity contribution is 7.99. The minimum atomic E-state index is 0.154. The zero-order chi connectivity index (χ0) is 10.3. The molecule has 15 heavy (non-hydrogen) atoms. The van der Waals surface area contributed by atoms with Gasteiger partial charge in [-0.25, -0.2) is 0 Å². The van der Waals surface area contributed by atoms with E-state index in [1.54, 1.807) is 0 Å². The van der Waals surface area contributed by atoms with Gasteiger partial charge >= 0.3 is 0 Å². The summed E-state index contributed by atoms with van der Waals surface area (Å²) in [5.41, 5.74) is 1.02. The van der Waals surface area contributed by atoms with Gasteiger partial charge in [-0.15, -0.1) is 10.2 Å². The minimum Gasteiger partial charge on any atom is -0.337 e. The average Bonchev–Trinajstić information content (AvgIpc) is 2.26. The maximum atomic E-state index is 5.67. The maximum Gasteiger partial charge on any atom is 0.245 e. The molecule has 1 aromatic carbocycles. The van der Waals surface area contributed by atoms with Gasteiger partial charge in [-0.3, -0.25) is 0 Å². The molecular formula is C9H5ClN4S. The van der Waals surface area contributed by atoms with Crippen LogP contribution in [0, 0.1) is 0 Å². The van der Waals surface area contributed by atoms with Crippen LogP contribution in [0.15, 0.2) is 34.2 Å². The first-order valence-electron chi connectivity index (χ1n) is 4.27. The average molecular weight is 237 g/mol. The van der Waals surface area contributed by atoms with Crippen LogP contribution in [-0.2, 0) is 0 Å². The molecule has 0 radical (unpaired) electrons. The summed E-state index contributed by atoms with van der Waals surface area (Å²) in [7, 11) is 0. The molecule has 1 aromatic heterocycles. The summed E-state index contributed by atoms with van der Waals surface area (Å²) in [6.07, 6.45) is 0. The molecule has 0 bridgehead atoms. The van der Waals surface area contributed by atoms with Crippen LogP contribution in [-0.4, -0.2) is 15.2 Å². The van der Waals surface area contributed by atoms with Crippen molar-refractivity contribution in [3.8, 4) is 0 Å². The van der Waals surface area contributed by atoms with Gasteiger partial charge in [0.15, 0.2) is 10.8 Å². The van der Waals surface area contributed by atoms with Crippen LogP contribution in [0.4, 0.5) is 11.5 Å². The Hall–Kier alpha value is -1.33. The summed E-state index contributed by atoms with van der Waals surface area (Å²) in [6.45, 7) is 0. The van der Waals surface area contributed by atoms with Crippen molar-refractivity contribution in [2.24, 2.45) is 0 Å². The second-order valence-electron chi connectivity index (χ2n) is 2.96. The fourth-order valence-corrected chi connectivity index (χ4v) is 2.32. The van der Waals surface area contributed by atoms with Crippen LogP contribution in [0.5, 0.6) is 0 Å². The molecule has 1 aliphatic rings.